The highest BCUT2D eigenvalue weighted by Gasteiger charge is 2.29. The van der Waals surface area contributed by atoms with Crippen LogP contribution in [0.4, 0.5) is 0 Å². The number of hydrogen-bond acceptors (Lipinski definition) is 5. The predicted molar refractivity (Wildman–Crippen MR) is 148 cm³/mol. The van der Waals surface area contributed by atoms with Gasteiger partial charge in [-0.2, -0.15) is 11.8 Å². The number of thioether (sulfide) groups is 1. The molecule has 4 N–H and O–H groups in total. The minimum absolute atomic E-state index is 0.110. The Bertz CT molecular complexity index is 988. The number of carbonyl (C=O) groups is 4. The maximum atomic E-state index is 13.4. The van der Waals surface area contributed by atoms with E-state index in [1.165, 1.54) is 0 Å². The lowest BCUT2D eigenvalue weighted by atomic mass is 10.0. The Morgan fingerprint density at radius 1 is 0.811 bits per heavy atom. The quantitative estimate of drug-likeness (QED) is 0.251. The fourth-order valence-electron chi connectivity index (χ4n) is 3.82. The molecule has 200 valence electrons. The van der Waals surface area contributed by atoms with Crippen molar-refractivity contribution in [3.63, 3.8) is 0 Å². The zero-order valence-corrected chi connectivity index (χ0v) is 22.6. The number of nitrogens with one attached hydrogen (secondary N) is 4. The molecule has 0 saturated carbocycles. The standard InChI is InChI=1S/C28H38N4O4S/c1-20(2)16-24(31-27(35)23(30-19-33)14-15-37-3)28(36)32-25(17-21-10-6-4-7-11-21)26(34)29-18-22-12-8-5-9-13-22/h4-13,19-20,23-25H,14-18H2,1-3H3,(H,29,34)(H,30,33)(H,31,35)(H,32,36)/t23-,24+,25-/m0/s1. The Hall–Kier alpha value is -3.33. The van der Waals surface area contributed by atoms with Crippen LogP contribution in [-0.2, 0) is 32.1 Å². The van der Waals surface area contributed by atoms with E-state index in [1.807, 2.05) is 80.8 Å². The maximum absolute atomic E-state index is 13.4. The number of hydrogen-bond donors (Lipinski definition) is 4. The minimum Gasteiger partial charge on any atom is -0.350 e. The van der Waals surface area contributed by atoms with E-state index < -0.39 is 29.9 Å². The Morgan fingerprint density at radius 2 is 1.38 bits per heavy atom. The van der Waals surface area contributed by atoms with Gasteiger partial charge in [0.25, 0.3) is 0 Å². The van der Waals surface area contributed by atoms with Crippen molar-refractivity contribution in [1.29, 1.82) is 0 Å². The van der Waals surface area contributed by atoms with Crippen LogP contribution in [0.3, 0.4) is 0 Å². The zero-order chi connectivity index (χ0) is 27.0. The monoisotopic (exact) mass is 526 g/mol. The van der Waals surface area contributed by atoms with Crippen LogP contribution in [0.1, 0.15) is 37.8 Å². The second kappa shape index (κ2) is 16.4. The van der Waals surface area contributed by atoms with Crippen molar-refractivity contribution in [2.75, 3.05) is 12.0 Å². The Balaban J connectivity index is 2.16. The van der Waals surface area contributed by atoms with Gasteiger partial charge in [0, 0.05) is 13.0 Å². The van der Waals surface area contributed by atoms with Crippen LogP contribution in [0.5, 0.6) is 0 Å². The fraction of sp³-hybridized carbons (Fsp3) is 0.429. The van der Waals surface area contributed by atoms with Crippen LogP contribution in [0.15, 0.2) is 60.7 Å². The summed E-state index contributed by atoms with van der Waals surface area (Å²) in [5.41, 5.74) is 1.85. The lowest BCUT2D eigenvalue weighted by Gasteiger charge is -2.26. The predicted octanol–water partition coefficient (Wildman–Crippen LogP) is 2.43. The van der Waals surface area contributed by atoms with Gasteiger partial charge in [0.2, 0.25) is 24.1 Å². The third kappa shape index (κ3) is 11.1. The summed E-state index contributed by atoms with van der Waals surface area (Å²) in [6.07, 6.45) is 3.55. The molecule has 0 radical (unpaired) electrons. The first-order valence-corrected chi connectivity index (χ1v) is 13.9. The second-order valence-corrected chi connectivity index (χ2v) is 10.2. The van der Waals surface area contributed by atoms with E-state index >= 15 is 0 Å². The molecule has 0 spiro atoms. The Morgan fingerprint density at radius 3 is 1.95 bits per heavy atom. The van der Waals surface area contributed by atoms with Crippen LogP contribution in [0.25, 0.3) is 0 Å². The molecule has 3 atom stereocenters. The number of rotatable bonds is 16. The summed E-state index contributed by atoms with van der Waals surface area (Å²) in [5.74, 6) is -0.376. The highest BCUT2D eigenvalue weighted by Crippen LogP contribution is 2.10. The third-order valence-corrected chi connectivity index (χ3v) is 6.41. The lowest BCUT2D eigenvalue weighted by Crippen LogP contribution is -2.57. The van der Waals surface area contributed by atoms with Crippen molar-refractivity contribution in [1.82, 2.24) is 21.3 Å². The summed E-state index contributed by atoms with van der Waals surface area (Å²) in [7, 11) is 0. The van der Waals surface area contributed by atoms with Gasteiger partial charge in [-0.1, -0.05) is 74.5 Å². The first kappa shape index (κ1) is 29.9. The van der Waals surface area contributed by atoms with E-state index in [0.717, 1.165) is 11.1 Å². The molecular formula is C28H38N4O4S. The molecule has 4 amide bonds. The topological polar surface area (TPSA) is 116 Å². The number of benzene rings is 2. The van der Waals surface area contributed by atoms with E-state index in [1.54, 1.807) is 11.8 Å². The van der Waals surface area contributed by atoms with E-state index in [-0.39, 0.29) is 11.8 Å². The third-order valence-electron chi connectivity index (χ3n) is 5.76. The minimum atomic E-state index is -0.849. The zero-order valence-electron chi connectivity index (χ0n) is 21.7. The van der Waals surface area contributed by atoms with Gasteiger partial charge < -0.3 is 21.3 Å². The molecule has 0 fully saturated rings. The van der Waals surface area contributed by atoms with Gasteiger partial charge in [0.1, 0.15) is 18.1 Å². The molecule has 0 aliphatic heterocycles. The van der Waals surface area contributed by atoms with Gasteiger partial charge in [-0.25, -0.2) is 0 Å². The summed E-state index contributed by atoms with van der Waals surface area (Å²) in [4.78, 5) is 50.5. The van der Waals surface area contributed by atoms with Gasteiger partial charge in [0.15, 0.2) is 0 Å². The number of carbonyl (C=O) groups excluding carboxylic acids is 4. The molecule has 0 saturated heterocycles. The lowest BCUT2D eigenvalue weighted by molar-refractivity contribution is -0.133. The van der Waals surface area contributed by atoms with Gasteiger partial charge in [-0.05, 0) is 41.9 Å². The highest BCUT2D eigenvalue weighted by atomic mass is 32.2. The van der Waals surface area contributed by atoms with Crippen molar-refractivity contribution >= 4 is 35.9 Å². The van der Waals surface area contributed by atoms with Crippen molar-refractivity contribution in [3.05, 3.63) is 71.8 Å². The molecule has 0 aromatic heterocycles. The summed E-state index contributed by atoms with van der Waals surface area (Å²) < 4.78 is 0. The molecule has 0 aliphatic rings. The van der Waals surface area contributed by atoms with Crippen molar-refractivity contribution in [3.8, 4) is 0 Å². The average molecular weight is 527 g/mol. The molecule has 37 heavy (non-hydrogen) atoms. The van der Waals surface area contributed by atoms with Gasteiger partial charge in [0.05, 0.1) is 0 Å². The highest BCUT2D eigenvalue weighted by molar-refractivity contribution is 7.98. The summed E-state index contributed by atoms with van der Waals surface area (Å²) in [6.45, 7) is 4.24. The molecule has 8 nitrogen and oxygen atoms in total. The molecular weight excluding hydrogens is 488 g/mol. The smallest absolute Gasteiger partial charge is 0.243 e. The first-order chi connectivity index (χ1) is 17.8. The van der Waals surface area contributed by atoms with Crippen LogP contribution < -0.4 is 21.3 Å². The van der Waals surface area contributed by atoms with Crippen LogP contribution in [-0.4, -0.2) is 54.3 Å². The van der Waals surface area contributed by atoms with Crippen molar-refractivity contribution < 1.29 is 19.2 Å². The summed E-state index contributed by atoms with van der Waals surface area (Å²) in [6, 6.07) is 16.6. The van der Waals surface area contributed by atoms with Gasteiger partial charge >= 0.3 is 0 Å². The maximum Gasteiger partial charge on any atom is 0.243 e. The first-order valence-electron chi connectivity index (χ1n) is 12.5. The van der Waals surface area contributed by atoms with E-state index in [4.69, 9.17) is 0 Å². The van der Waals surface area contributed by atoms with E-state index in [0.29, 0.717) is 38.0 Å². The molecule has 9 heteroatoms. The molecule has 0 unspecified atom stereocenters. The van der Waals surface area contributed by atoms with Gasteiger partial charge in [-0.15, -0.1) is 0 Å². The largest absolute Gasteiger partial charge is 0.350 e. The Labute approximate surface area is 223 Å². The van der Waals surface area contributed by atoms with Crippen LogP contribution in [0, 0.1) is 5.92 Å². The van der Waals surface area contributed by atoms with Gasteiger partial charge in [-0.3, -0.25) is 19.2 Å². The molecule has 2 rings (SSSR count). The number of amides is 4. The molecule has 0 bridgehead atoms. The SMILES string of the molecule is CSCC[C@H](NC=O)C(=O)N[C@H](CC(C)C)C(=O)N[C@@H](Cc1ccccc1)C(=O)NCc1ccccc1. The second-order valence-electron chi connectivity index (χ2n) is 9.26. The molecule has 0 aliphatic carbocycles. The van der Waals surface area contributed by atoms with E-state index in [9.17, 15) is 19.2 Å². The van der Waals surface area contributed by atoms with E-state index in [2.05, 4.69) is 21.3 Å². The van der Waals surface area contributed by atoms with Crippen LogP contribution in [0.2, 0.25) is 0 Å². The van der Waals surface area contributed by atoms with Crippen LogP contribution >= 0.6 is 11.8 Å². The van der Waals surface area contributed by atoms with Crippen molar-refractivity contribution in [2.45, 2.75) is 57.8 Å². The van der Waals surface area contributed by atoms with Crippen molar-refractivity contribution in [2.24, 2.45) is 5.92 Å². The normalized spacial score (nSPS) is 13.2. The Kier molecular flexibility index (Phi) is 13.3. The summed E-state index contributed by atoms with van der Waals surface area (Å²) >= 11 is 1.56. The average Bonchev–Trinajstić information content (AvgIpc) is 2.89. The molecule has 2 aromatic rings. The molecule has 0 heterocycles. The summed E-state index contributed by atoms with van der Waals surface area (Å²) in [5, 5.41) is 11.1. The molecule has 2 aromatic carbocycles. The fourth-order valence-corrected chi connectivity index (χ4v) is 4.29.